The SMILES string of the molecule is Cc1ccc(C)c(OCC(=O)Nc2cc(Cl)ccc2F)c1. The molecule has 0 aliphatic heterocycles. The van der Waals surface area contributed by atoms with Crippen molar-refractivity contribution in [3.05, 3.63) is 58.4 Å². The van der Waals surface area contributed by atoms with E-state index in [1.807, 2.05) is 32.0 Å². The number of amides is 1. The molecule has 2 aromatic carbocycles. The first kappa shape index (κ1) is 15.3. The van der Waals surface area contributed by atoms with E-state index < -0.39 is 11.7 Å². The van der Waals surface area contributed by atoms with Crippen molar-refractivity contribution < 1.29 is 13.9 Å². The molecule has 3 nitrogen and oxygen atoms in total. The molecule has 0 fully saturated rings. The van der Waals surface area contributed by atoms with Crippen LogP contribution in [0.2, 0.25) is 5.02 Å². The first-order chi connectivity index (χ1) is 9.95. The first-order valence-electron chi connectivity index (χ1n) is 6.40. The fraction of sp³-hybridized carbons (Fsp3) is 0.188. The van der Waals surface area contributed by atoms with Crippen LogP contribution in [0.5, 0.6) is 5.75 Å². The molecule has 0 bridgehead atoms. The fourth-order valence-electron chi connectivity index (χ4n) is 1.79. The fourth-order valence-corrected chi connectivity index (χ4v) is 1.96. The summed E-state index contributed by atoms with van der Waals surface area (Å²) in [7, 11) is 0. The average Bonchev–Trinajstić information content (AvgIpc) is 2.44. The summed E-state index contributed by atoms with van der Waals surface area (Å²) in [6.45, 7) is 3.63. The summed E-state index contributed by atoms with van der Waals surface area (Å²) >= 11 is 5.76. The van der Waals surface area contributed by atoms with Crippen molar-refractivity contribution in [2.45, 2.75) is 13.8 Å². The van der Waals surface area contributed by atoms with E-state index in [0.717, 1.165) is 11.1 Å². The zero-order valence-corrected chi connectivity index (χ0v) is 12.5. The highest BCUT2D eigenvalue weighted by Crippen LogP contribution is 2.21. The van der Waals surface area contributed by atoms with Crippen LogP contribution in [-0.4, -0.2) is 12.5 Å². The van der Waals surface area contributed by atoms with Gasteiger partial charge in [-0.25, -0.2) is 4.39 Å². The summed E-state index contributed by atoms with van der Waals surface area (Å²) in [5.74, 6) is -0.353. The normalized spacial score (nSPS) is 10.3. The molecule has 5 heteroatoms. The highest BCUT2D eigenvalue weighted by molar-refractivity contribution is 6.30. The van der Waals surface area contributed by atoms with Gasteiger partial charge in [0.05, 0.1) is 5.69 Å². The lowest BCUT2D eigenvalue weighted by Crippen LogP contribution is -2.21. The molecule has 0 atom stereocenters. The first-order valence-corrected chi connectivity index (χ1v) is 6.78. The van der Waals surface area contributed by atoms with Gasteiger partial charge in [-0.2, -0.15) is 0 Å². The predicted molar refractivity (Wildman–Crippen MR) is 81.5 cm³/mol. The second kappa shape index (κ2) is 6.59. The number of hydrogen-bond donors (Lipinski definition) is 1. The molecule has 0 heterocycles. The van der Waals surface area contributed by atoms with Gasteiger partial charge < -0.3 is 10.1 Å². The van der Waals surface area contributed by atoms with Gasteiger partial charge in [0.15, 0.2) is 6.61 Å². The van der Waals surface area contributed by atoms with Crippen molar-refractivity contribution in [1.82, 2.24) is 0 Å². The molecule has 0 unspecified atom stereocenters. The number of benzene rings is 2. The molecule has 0 aliphatic rings. The Kier molecular flexibility index (Phi) is 4.81. The smallest absolute Gasteiger partial charge is 0.262 e. The Labute approximate surface area is 127 Å². The van der Waals surface area contributed by atoms with Crippen molar-refractivity contribution in [3.8, 4) is 5.75 Å². The summed E-state index contributed by atoms with van der Waals surface area (Å²) in [5, 5.41) is 2.78. The molecule has 0 spiro atoms. The van der Waals surface area contributed by atoms with Gasteiger partial charge in [-0.05, 0) is 49.2 Å². The summed E-state index contributed by atoms with van der Waals surface area (Å²) in [6, 6.07) is 9.70. The van der Waals surface area contributed by atoms with E-state index in [9.17, 15) is 9.18 Å². The van der Waals surface area contributed by atoms with Gasteiger partial charge in [-0.15, -0.1) is 0 Å². The van der Waals surface area contributed by atoms with Gasteiger partial charge in [-0.1, -0.05) is 23.7 Å². The number of nitrogens with one attached hydrogen (secondary N) is 1. The van der Waals surface area contributed by atoms with E-state index in [0.29, 0.717) is 10.8 Å². The topological polar surface area (TPSA) is 38.3 Å². The molecule has 0 aliphatic carbocycles. The molecule has 1 amide bonds. The molecule has 0 radical (unpaired) electrons. The van der Waals surface area contributed by atoms with Crippen LogP contribution < -0.4 is 10.1 Å². The number of carbonyl (C=O) groups excluding carboxylic acids is 1. The highest BCUT2D eigenvalue weighted by Gasteiger charge is 2.09. The standard InChI is InChI=1S/C16H15ClFNO2/c1-10-3-4-11(2)15(7-10)21-9-16(20)19-14-8-12(17)5-6-13(14)18/h3-8H,9H2,1-2H3,(H,19,20). The number of anilines is 1. The third-order valence-corrected chi connectivity index (χ3v) is 3.14. The van der Waals surface area contributed by atoms with E-state index >= 15 is 0 Å². The maximum Gasteiger partial charge on any atom is 0.262 e. The summed E-state index contributed by atoms with van der Waals surface area (Å²) < 4.78 is 19.0. The van der Waals surface area contributed by atoms with E-state index in [1.54, 1.807) is 0 Å². The lowest BCUT2D eigenvalue weighted by atomic mass is 10.1. The van der Waals surface area contributed by atoms with Crippen LogP contribution in [0.25, 0.3) is 0 Å². The van der Waals surface area contributed by atoms with Gasteiger partial charge in [0.2, 0.25) is 0 Å². The van der Waals surface area contributed by atoms with Crippen molar-refractivity contribution in [3.63, 3.8) is 0 Å². The minimum atomic E-state index is -0.542. The maximum absolute atomic E-state index is 13.5. The van der Waals surface area contributed by atoms with Crippen LogP contribution in [0.3, 0.4) is 0 Å². The Bertz CT molecular complexity index is 673. The molecule has 2 rings (SSSR count). The predicted octanol–water partition coefficient (Wildman–Crippen LogP) is 4.11. The number of hydrogen-bond acceptors (Lipinski definition) is 2. The van der Waals surface area contributed by atoms with Gasteiger partial charge in [0.25, 0.3) is 5.91 Å². The third-order valence-electron chi connectivity index (χ3n) is 2.90. The summed E-state index contributed by atoms with van der Waals surface area (Å²) in [6.07, 6.45) is 0. The van der Waals surface area contributed by atoms with Gasteiger partial charge in [-0.3, -0.25) is 4.79 Å². The number of rotatable bonds is 4. The highest BCUT2D eigenvalue weighted by atomic mass is 35.5. The number of halogens is 2. The van der Waals surface area contributed by atoms with Crippen LogP contribution in [0, 0.1) is 19.7 Å². The number of ether oxygens (including phenoxy) is 1. The van der Waals surface area contributed by atoms with Gasteiger partial charge >= 0.3 is 0 Å². The monoisotopic (exact) mass is 307 g/mol. The summed E-state index contributed by atoms with van der Waals surface area (Å²) in [5.41, 5.74) is 2.01. The Hall–Kier alpha value is -2.07. The van der Waals surface area contributed by atoms with Gasteiger partial charge in [0, 0.05) is 5.02 Å². The largest absolute Gasteiger partial charge is 0.483 e. The van der Waals surface area contributed by atoms with E-state index in [4.69, 9.17) is 16.3 Å². The lowest BCUT2D eigenvalue weighted by Gasteiger charge is -2.11. The van der Waals surface area contributed by atoms with Crippen molar-refractivity contribution in [1.29, 1.82) is 0 Å². The zero-order chi connectivity index (χ0) is 15.4. The van der Waals surface area contributed by atoms with Crippen LogP contribution in [-0.2, 0) is 4.79 Å². The van der Waals surface area contributed by atoms with E-state index in [1.165, 1.54) is 18.2 Å². The Morgan fingerprint density at radius 2 is 2.00 bits per heavy atom. The zero-order valence-electron chi connectivity index (χ0n) is 11.7. The van der Waals surface area contributed by atoms with Crippen molar-refractivity contribution in [2.75, 3.05) is 11.9 Å². The number of carbonyl (C=O) groups is 1. The lowest BCUT2D eigenvalue weighted by molar-refractivity contribution is -0.118. The molecule has 1 N–H and O–H groups in total. The molecule has 110 valence electrons. The minimum Gasteiger partial charge on any atom is -0.483 e. The molecule has 0 saturated carbocycles. The quantitative estimate of drug-likeness (QED) is 0.923. The molecule has 21 heavy (non-hydrogen) atoms. The average molecular weight is 308 g/mol. The Morgan fingerprint density at radius 1 is 1.24 bits per heavy atom. The van der Waals surface area contributed by atoms with Crippen LogP contribution in [0.1, 0.15) is 11.1 Å². The van der Waals surface area contributed by atoms with Crippen molar-refractivity contribution in [2.24, 2.45) is 0 Å². The second-order valence-corrected chi connectivity index (χ2v) is 5.17. The van der Waals surface area contributed by atoms with Crippen LogP contribution in [0.4, 0.5) is 10.1 Å². The Balaban J connectivity index is 1.99. The molecule has 0 saturated heterocycles. The maximum atomic E-state index is 13.5. The van der Waals surface area contributed by atoms with Crippen LogP contribution in [0.15, 0.2) is 36.4 Å². The summed E-state index contributed by atoms with van der Waals surface area (Å²) in [4.78, 5) is 11.8. The van der Waals surface area contributed by atoms with E-state index in [2.05, 4.69) is 5.32 Å². The molecular weight excluding hydrogens is 293 g/mol. The van der Waals surface area contributed by atoms with Crippen LogP contribution >= 0.6 is 11.6 Å². The molecule has 0 aromatic heterocycles. The van der Waals surface area contributed by atoms with Crippen molar-refractivity contribution >= 4 is 23.2 Å². The van der Waals surface area contributed by atoms with E-state index in [-0.39, 0.29) is 12.3 Å². The molecule has 2 aromatic rings. The Morgan fingerprint density at radius 3 is 2.76 bits per heavy atom. The molecular formula is C16H15ClFNO2. The minimum absolute atomic E-state index is 0.0389. The second-order valence-electron chi connectivity index (χ2n) is 4.73. The number of aryl methyl sites for hydroxylation is 2. The third kappa shape index (κ3) is 4.20. The van der Waals surface area contributed by atoms with Gasteiger partial charge in [0.1, 0.15) is 11.6 Å².